The zero-order valence-corrected chi connectivity index (χ0v) is 17.1. The third-order valence-electron chi connectivity index (χ3n) is 5.70. The third kappa shape index (κ3) is 5.98. The molecule has 3 rings (SSSR count). The summed E-state index contributed by atoms with van der Waals surface area (Å²) in [6, 6.07) is 11.8. The average Bonchev–Trinajstić information content (AvgIpc) is 2.72. The molecule has 0 aliphatic heterocycles. The van der Waals surface area contributed by atoms with E-state index in [1.165, 1.54) is 17.2 Å². The van der Waals surface area contributed by atoms with Gasteiger partial charge in [-0.05, 0) is 79.3 Å². The molecule has 0 N–H and O–H groups in total. The van der Waals surface area contributed by atoms with Gasteiger partial charge in [-0.25, -0.2) is 4.39 Å². The molecule has 0 amide bonds. The van der Waals surface area contributed by atoms with Crippen molar-refractivity contribution in [3.63, 3.8) is 0 Å². The van der Waals surface area contributed by atoms with Crippen molar-refractivity contribution in [2.75, 3.05) is 0 Å². The summed E-state index contributed by atoms with van der Waals surface area (Å²) in [4.78, 5) is 0. The molecule has 0 bridgehead atoms. The van der Waals surface area contributed by atoms with Crippen LogP contribution in [-0.2, 0) is 12.6 Å². The minimum atomic E-state index is -4.69. The highest BCUT2D eigenvalue weighted by atomic mass is 19.4. The SMILES string of the molecule is CCCc1ccc([C@H]2CC[C@H](C=CC#Cc3ccc(C(F)(F)F)c(F)c3)CC2)cc1. The van der Waals surface area contributed by atoms with E-state index in [1.54, 1.807) is 6.08 Å². The van der Waals surface area contributed by atoms with Gasteiger partial charge in [-0.1, -0.05) is 55.5 Å². The van der Waals surface area contributed by atoms with Crippen LogP contribution in [0.25, 0.3) is 0 Å². The van der Waals surface area contributed by atoms with Crippen LogP contribution in [0, 0.1) is 23.6 Å². The van der Waals surface area contributed by atoms with Crippen LogP contribution in [0.3, 0.4) is 0 Å². The number of rotatable bonds is 4. The van der Waals surface area contributed by atoms with Gasteiger partial charge in [-0.2, -0.15) is 13.2 Å². The van der Waals surface area contributed by atoms with Crippen molar-refractivity contribution < 1.29 is 17.6 Å². The second kappa shape index (κ2) is 9.98. The highest BCUT2D eigenvalue weighted by molar-refractivity contribution is 5.40. The van der Waals surface area contributed by atoms with Crippen LogP contribution in [0.1, 0.15) is 67.2 Å². The molecular weight excluding hydrogens is 388 g/mol. The molecule has 0 saturated heterocycles. The lowest BCUT2D eigenvalue weighted by Gasteiger charge is -2.27. The second-order valence-electron chi connectivity index (χ2n) is 7.92. The van der Waals surface area contributed by atoms with Gasteiger partial charge in [-0.15, -0.1) is 0 Å². The fourth-order valence-corrected chi connectivity index (χ4v) is 4.02. The van der Waals surface area contributed by atoms with Gasteiger partial charge in [0.05, 0.1) is 5.56 Å². The highest BCUT2D eigenvalue weighted by Crippen LogP contribution is 2.36. The van der Waals surface area contributed by atoms with Crippen LogP contribution in [-0.4, -0.2) is 0 Å². The number of hydrogen-bond donors (Lipinski definition) is 0. The van der Waals surface area contributed by atoms with Crippen LogP contribution in [0.15, 0.2) is 54.6 Å². The minimum absolute atomic E-state index is 0.236. The van der Waals surface area contributed by atoms with Crippen LogP contribution >= 0.6 is 0 Å². The van der Waals surface area contributed by atoms with Crippen molar-refractivity contribution in [2.45, 2.75) is 57.5 Å². The maximum absolute atomic E-state index is 13.6. The number of aryl methyl sites for hydroxylation is 1. The second-order valence-corrected chi connectivity index (χ2v) is 7.92. The first-order valence-corrected chi connectivity index (χ1v) is 10.5. The van der Waals surface area contributed by atoms with Crippen LogP contribution in [0.4, 0.5) is 17.6 Å². The van der Waals surface area contributed by atoms with Gasteiger partial charge in [0.25, 0.3) is 0 Å². The molecule has 0 atom stereocenters. The van der Waals surface area contributed by atoms with Gasteiger partial charge in [0.2, 0.25) is 0 Å². The largest absolute Gasteiger partial charge is 0.419 e. The van der Waals surface area contributed by atoms with E-state index < -0.39 is 17.6 Å². The molecule has 1 fully saturated rings. The van der Waals surface area contributed by atoms with Crippen LogP contribution < -0.4 is 0 Å². The van der Waals surface area contributed by atoms with Crippen molar-refractivity contribution in [3.05, 3.63) is 82.7 Å². The van der Waals surface area contributed by atoms with E-state index in [0.717, 1.165) is 50.7 Å². The smallest absolute Gasteiger partial charge is 0.206 e. The molecule has 0 aromatic heterocycles. The molecule has 2 aromatic rings. The number of benzene rings is 2. The molecular formula is C26H26F4. The summed E-state index contributed by atoms with van der Waals surface area (Å²) in [5, 5.41) is 0. The maximum Gasteiger partial charge on any atom is 0.419 e. The fourth-order valence-electron chi connectivity index (χ4n) is 4.02. The molecule has 0 nitrogen and oxygen atoms in total. The highest BCUT2D eigenvalue weighted by Gasteiger charge is 2.33. The Bertz CT molecular complexity index is 918. The Balaban J connectivity index is 1.51. The van der Waals surface area contributed by atoms with E-state index in [4.69, 9.17) is 0 Å². The first kappa shape index (κ1) is 22.2. The molecule has 4 heteroatoms. The normalized spacial score (nSPS) is 19.5. The monoisotopic (exact) mass is 414 g/mol. The Labute approximate surface area is 176 Å². The molecule has 2 aromatic carbocycles. The summed E-state index contributed by atoms with van der Waals surface area (Å²) in [6.07, 6.45) is 5.86. The zero-order chi connectivity index (χ0) is 21.6. The predicted molar refractivity (Wildman–Crippen MR) is 113 cm³/mol. The molecule has 0 radical (unpaired) electrons. The lowest BCUT2D eigenvalue weighted by atomic mass is 9.78. The standard InChI is InChI=1S/C26H26F4/c1-2-5-19-8-13-22(14-9-19)23-15-10-20(11-16-23)6-3-4-7-21-12-17-24(25(27)18-21)26(28,29)30/h3,6,8-9,12-14,17-18,20,23H,2,5,10-11,15-16H2,1H3/t20-,23-. The van der Waals surface area contributed by atoms with Gasteiger partial charge in [0, 0.05) is 5.56 Å². The molecule has 0 unspecified atom stereocenters. The van der Waals surface area contributed by atoms with Crippen molar-refractivity contribution in [1.29, 1.82) is 0 Å². The van der Waals surface area contributed by atoms with E-state index >= 15 is 0 Å². The lowest BCUT2D eigenvalue weighted by molar-refractivity contribution is -0.140. The zero-order valence-electron chi connectivity index (χ0n) is 17.1. The summed E-state index contributed by atoms with van der Waals surface area (Å²) in [5.74, 6) is 5.30. The molecule has 1 saturated carbocycles. The number of hydrogen-bond acceptors (Lipinski definition) is 0. The van der Waals surface area contributed by atoms with Gasteiger partial charge in [-0.3, -0.25) is 0 Å². The summed E-state index contributed by atoms with van der Waals surface area (Å²) in [7, 11) is 0. The van der Waals surface area contributed by atoms with E-state index in [2.05, 4.69) is 49.1 Å². The van der Waals surface area contributed by atoms with E-state index in [9.17, 15) is 17.6 Å². The van der Waals surface area contributed by atoms with E-state index in [-0.39, 0.29) is 5.56 Å². The summed E-state index contributed by atoms with van der Waals surface area (Å²) >= 11 is 0. The average molecular weight is 414 g/mol. The predicted octanol–water partition coefficient (Wildman–Crippen LogP) is 7.68. The Morgan fingerprint density at radius 3 is 2.30 bits per heavy atom. The van der Waals surface area contributed by atoms with Crippen LogP contribution in [0.2, 0.25) is 0 Å². The van der Waals surface area contributed by atoms with Crippen molar-refractivity contribution in [3.8, 4) is 11.8 Å². The number of alkyl halides is 3. The Morgan fingerprint density at radius 2 is 1.70 bits per heavy atom. The van der Waals surface area contributed by atoms with Gasteiger partial charge in [0.15, 0.2) is 0 Å². The van der Waals surface area contributed by atoms with E-state index in [0.29, 0.717) is 11.8 Å². The van der Waals surface area contributed by atoms with Gasteiger partial charge >= 0.3 is 6.18 Å². The van der Waals surface area contributed by atoms with Crippen LogP contribution in [0.5, 0.6) is 0 Å². The molecule has 30 heavy (non-hydrogen) atoms. The molecule has 158 valence electrons. The van der Waals surface area contributed by atoms with Gasteiger partial charge in [0.1, 0.15) is 5.82 Å². The first-order valence-electron chi connectivity index (χ1n) is 10.5. The fraction of sp³-hybridized carbons (Fsp3) is 0.385. The summed E-state index contributed by atoms with van der Waals surface area (Å²) < 4.78 is 51.3. The Kier molecular flexibility index (Phi) is 7.37. The Morgan fingerprint density at radius 1 is 1.00 bits per heavy atom. The Hall–Kier alpha value is -2.54. The molecule has 0 spiro atoms. The molecule has 1 aliphatic carbocycles. The summed E-state index contributed by atoms with van der Waals surface area (Å²) in [5.41, 5.74) is 1.78. The molecule has 1 aliphatic rings. The minimum Gasteiger partial charge on any atom is -0.206 e. The van der Waals surface area contributed by atoms with Crippen molar-refractivity contribution in [2.24, 2.45) is 5.92 Å². The quantitative estimate of drug-likeness (QED) is 0.355. The van der Waals surface area contributed by atoms with Crippen molar-refractivity contribution >= 4 is 0 Å². The number of allylic oxidation sites excluding steroid dienone is 2. The number of halogens is 4. The maximum atomic E-state index is 13.6. The van der Waals surface area contributed by atoms with Crippen molar-refractivity contribution in [1.82, 2.24) is 0 Å². The third-order valence-corrected chi connectivity index (χ3v) is 5.70. The summed E-state index contributed by atoms with van der Waals surface area (Å²) in [6.45, 7) is 2.19. The first-order chi connectivity index (χ1) is 14.4. The molecule has 0 heterocycles. The van der Waals surface area contributed by atoms with Gasteiger partial charge < -0.3 is 0 Å². The lowest BCUT2D eigenvalue weighted by Crippen LogP contribution is -2.11. The topological polar surface area (TPSA) is 0 Å². The van der Waals surface area contributed by atoms with E-state index in [1.807, 2.05) is 0 Å².